The van der Waals surface area contributed by atoms with E-state index in [0.717, 1.165) is 44.2 Å². The highest BCUT2D eigenvalue weighted by Gasteiger charge is 2.16. The lowest BCUT2D eigenvalue weighted by atomic mass is 9.85. The number of hydrogen-bond acceptors (Lipinski definition) is 6. The number of unbranched alkanes of at least 4 members (excludes halogenated alkanes) is 6. The van der Waals surface area contributed by atoms with E-state index >= 15 is 0 Å². The van der Waals surface area contributed by atoms with Crippen LogP contribution in [-0.4, -0.2) is 46.9 Å². The summed E-state index contributed by atoms with van der Waals surface area (Å²) in [7, 11) is 0. The van der Waals surface area contributed by atoms with Crippen LogP contribution < -0.4 is 0 Å². The van der Waals surface area contributed by atoms with Crippen molar-refractivity contribution in [3.8, 4) is 0 Å². The van der Waals surface area contributed by atoms with Crippen molar-refractivity contribution in [2.24, 2.45) is 31.8 Å². The molecule has 0 spiro atoms. The van der Waals surface area contributed by atoms with Crippen LogP contribution in [-0.2, 0) is 0 Å². The van der Waals surface area contributed by atoms with Gasteiger partial charge in [0.25, 0.3) is 0 Å². The molecule has 0 aromatic heterocycles. The van der Waals surface area contributed by atoms with Gasteiger partial charge in [-0.05, 0) is 105 Å². The minimum Gasteiger partial charge on any atom is -0.226 e. The monoisotopic (exact) mass is 713 g/mol. The van der Waals surface area contributed by atoms with E-state index in [1.54, 1.807) is 0 Å². The van der Waals surface area contributed by atoms with Crippen molar-refractivity contribution in [3.63, 3.8) is 0 Å². The predicted molar refractivity (Wildman–Crippen MR) is 224 cm³/mol. The van der Waals surface area contributed by atoms with E-state index in [-0.39, 0.29) is 7.43 Å². The summed E-state index contributed by atoms with van der Waals surface area (Å²) in [5.41, 5.74) is 0. The molecule has 0 saturated heterocycles. The van der Waals surface area contributed by atoms with Crippen molar-refractivity contribution in [1.82, 2.24) is 0 Å². The Balaban J connectivity index is 0.000000334. The van der Waals surface area contributed by atoms with E-state index in [2.05, 4.69) is 32.0 Å². The van der Waals surface area contributed by atoms with Gasteiger partial charge in [0.15, 0.2) is 0 Å². The average molecular weight is 713 g/mol. The highest BCUT2D eigenvalue weighted by atomic mass is 32.1. The Hall–Kier alpha value is -1.06. The molecular formula is C43H76N4S2. The van der Waals surface area contributed by atoms with Crippen LogP contribution in [0.2, 0.25) is 0 Å². The molecule has 0 heterocycles. The second-order valence-corrected chi connectivity index (χ2v) is 16.8. The first-order valence-corrected chi connectivity index (χ1v) is 21.8. The summed E-state index contributed by atoms with van der Waals surface area (Å²) < 4.78 is 0. The molecule has 6 heteroatoms. The molecule has 4 aliphatic carbocycles. The molecule has 280 valence electrons. The molecule has 0 aromatic rings. The predicted octanol–water partition coefficient (Wildman–Crippen LogP) is 14.2. The van der Waals surface area contributed by atoms with Crippen LogP contribution in [0, 0.1) is 11.8 Å². The van der Waals surface area contributed by atoms with Crippen LogP contribution in [0.5, 0.6) is 0 Å². The van der Waals surface area contributed by atoms with Gasteiger partial charge in [-0.3, -0.25) is 0 Å². The summed E-state index contributed by atoms with van der Waals surface area (Å²) >= 11 is 11.3. The molecule has 0 bridgehead atoms. The topological polar surface area (TPSA) is 49.4 Å². The molecule has 0 amide bonds. The zero-order valence-electron chi connectivity index (χ0n) is 31.0. The first kappa shape index (κ1) is 44.1. The van der Waals surface area contributed by atoms with E-state index in [0.29, 0.717) is 12.1 Å². The molecule has 0 N–H and O–H groups in total. The van der Waals surface area contributed by atoms with Crippen molar-refractivity contribution in [2.75, 3.05) is 13.1 Å². The Labute approximate surface area is 314 Å². The van der Waals surface area contributed by atoms with Crippen LogP contribution in [0.3, 0.4) is 0 Å². The van der Waals surface area contributed by atoms with Crippen molar-refractivity contribution in [3.05, 3.63) is 0 Å². The third-order valence-electron chi connectivity index (χ3n) is 11.2. The average Bonchev–Trinajstić information content (AvgIpc) is 3.12. The van der Waals surface area contributed by atoms with Crippen molar-refractivity contribution in [2.45, 2.75) is 225 Å². The number of nitrogens with zero attached hydrogens (tertiary/aromatic N) is 4. The van der Waals surface area contributed by atoms with Crippen molar-refractivity contribution >= 4 is 46.2 Å². The smallest absolute Gasteiger partial charge is 0.0895 e. The highest BCUT2D eigenvalue weighted by molar-refractivity contribution is 7.80. The van der Waals surface area contributed by atoms with Crippen molar-refractivity contribution < 1.29 is 0 Å². The van der Waals surface area contributed by atoms with E-state index in [1.165, 1.54) is 196 Å². The molecule has 0 radical (unpaired) electrons. The van der Waals surface area contributed by atoms with E-state index < -0.39 is 0 Å². The minimum absolute atomic E-state index is 0. The third kappa shape index (κ3) is 23.9. The summed E-state index contributed by atoms with van der Waals surface area (Å²) in [5.74, 6) is 1.85. The summed E-state index contributed by atoms with van der Waals surface area (Å²) in [4.78, 5) is 20.1. The maximum atomic E-state index is 5.63. The number of rotatable bonds is 20. The van der Waals surface area contributed by atoms with E-state index in [1.807, 2.05) is 0 Å². The molecule has 4 saturated carbocycles. The SMILES string of the molecule is C.C(=NCCCCCN=C=NC1CCCCC1)=NC1CCCCC1.S=C(CCCCCCCC(=S)CC1CCCCC1)CC1CCCCC1. The molecule has 4 aliphatic rings. The van der Waals surface area contributed by atoms with Crippen LogP contribution >= 0.6 is 24.4 Å². The molecule has 49 heavy (non-hydrogen) atoms. The van der Waals surface area contributed by atoms with Gasteiger partial charge in [-0.2, -0.15) is 0 Å². The second-order valence-electron chi connectivity index (χ2n) is 15.6. The quantitative estimate of drug-likeness (QED) is 0.0717. The van der Waals surface area contributed by atoms with Gasteiger partial charge in [-0.25, -0.2) is 20.0 Å². The lowest BCUT2D eigenvalue weighted by Gasteiger charge is -2.21. The lowest BCUT2D eigenvalue weighted by Crippen LogP contribution is -2.11. The van der Waals surface area contributed by atoms with Gasteiger partial charge in [0, 0.05) is 13.1 Å². The fourth-order valence-corrected chi connectivity index (χ4v) is 8.89. The third-order valence-corrected chi connectivity index (χ3v) is 11.9. The summed E-state index contributed by atoms with van der Waals surface area (Å²) in [6.45, 7) is 1.69. The Morgan fingerprint density at radius 3 is 1.14 bits per heavy atom. The van der Waals surface area contributed by atoms with Gasteiger partial charge < -0.3 is 0 Å². The summed E-state index contributed by atoms with van der Waals surface area (Å²) in [6, 6.07) is 6.79. The second kappa shape index (κ2) is 30.6. The van der Waals surface area contributed by atoms with Crippen LogP contribution in [0.1, 0.15) is 213 Å². The first-order chi connectivity index (χ1) is 23.7. The zero-order valence-corrected chi connectivity index (χ0v) is 32.6. The van der Waals surface area contributed by atoms with Gasteiger partial charge >= 0.3 is 0 Å². The van der Waals surface area contributed by atoms with Gasteiger partial charge in [0.2, 0.25) is 0 Å². The normalized spacial score (nSPS) is 19.3. The number of hydrogen-bond donors (Lipinski definition) is 0. The van der Waals surface area contributed by atoms with Crippen LogP contribution in [0.25, 0.3) is 0 Å². The molecule has 0 atom stereocenters. The first-order valence-electron chi connectivity index (χ1n) is 20.9. The standard InChI is InChI=1S/C23H40S2.C19H32N4.CH4/c24-22(18-20-12-6-4-7-13-20)16-10-2-1-3-11-17-23(25)19-21-14-8-5-9-15-21;1-4-10-18(11-5-1)22-16-20-14-8-3-9-15-21-17-23-19-12-6-2-7-13-19;/h20-21H,1-19H2;18-19H,1-15H2;1H4. The number of thiocarbonyl (C=S) groups is 2. The Morgan fingerprint density at radius 2 is 0.755 bits per heavy atom. The summed E-state index contributed by atoms with van der Waals surface area (Å²) in [5, 5.41) is 0. The van der Waals surface area contributed by atoms with Gasteiger partial charge in [-0.1, -0.05) is 154 Å². The molecule has 4 fully saturated rings. The van der Waals surface area contributed by atoms with Crippen LogP contribution in [0.15, 0.2) is 20.0 Å². The number of aliphatic imine (C=N–C) groups is 4. The largest absolute Gasteiger partial charge is 0.226 e. The molecule has 4 rings (SSSR count). The maximum Gasteiger partial charge on any atom is 0.0895 e. The zero-order chi connectivity index (χ0) is 33.7. The summed E-state index contributed by atoms with van der Waals surface area (Å²) in [6.07, 6.45) is 42.3. The van der Waals surface area contributed by atoms with E-state index in [4.69, 9.17) is 24.4 Å². The Kier molecular flexibility index (Phi) is 27.5. The van der Waals surface area contributed by atoms with Crippen LogP contribution in [0.4, 0.5) is 0 Å². The van der Waals surface area contributed by atoms with E-state index in [9.17, 15) is 0 Å². The molecule has 4 nitrogen and oxygen atoms in total. The van der Waals surface area contributed by atoms with Gasteiger partial charge in [0.1, 0.15) is 0 Å². The minimum atomic E-state index is 0. The lowest BCUT2D eigenvalue weighted by molar-refractivity contribution is 0.367. The highest BCUT2D eigenvalue weighted by Crippen LogP contribution is 2.29. The Bertz CT molecular complexity index is 880. The van der Waals surface area contributed by atoms with Gasteiger partial charge in [0.05, 0.1) is 24.1 Å². The van der Waals surface area contributed by atoms with Crippen molar-refractivity contribution in [1.29, 1.82) is 0 Å². The Morgan fingerprint density at radius 1 is 0.429 bits per heavy atom. The molecule has 0 aliphatic heterocycles. The maximum absolute atomic E-state index is 5.63. The fraction of sp³-hybridized carbons (Fsp3) is 0.907. The van der Waals surface area contributed by atoms with Gasteiger partial charge in [-0.15, -0.1) is 0 Å². The molecular weight excluding hydrogens is 637 g/mol. The molecule has 0 unspecified atom stereocenters. The fourth-order valence-electron chi connectivity index (χ4n) is 8.13. The molecule has 0 aromatic carbocycles.